The summed E-state index contributed by atoms with van der Waals surface area (Å²) in [6.07, 6.45) is 5.16. The van der Waals surface area contributed by atoms with Gasteiger partial charge in [0.15, 0.2) is 0 Å². The van der Waals surface area contributed by atoms with Gasteiger partial charge in [0.2, 0.25) is 0 Å². The molecule has 1 aliphatic rings. The van der Waals surface area contributed by atoms with Gasteiger partial charge in [0.25, 0.3) is 0 Å². The van der Waals surface area contributed by atoms with E-state index < -0.39 is 0 Å². The molecule has 0 radical (unpaired) electrons. The van der Waals surface area contributed by atoms with Crippen LogP contribution in [0.2, 0.25) is 5.15 Å². The van der Waals surface area contributed by atoms with Gasteiger partial charge in [0, 0.05) is 19.1 Å². The Morgan fingerprint density at radius 2 is 2.14 bits per heavy atom. The Morgan fingerprint density at radius 3 is 2.95 bits per heavy atom. The number of benzene rings is 1. The zero-order chi connectivity index (χ0) is 14.7. The molecule has 1 fully saturated rings. The monoisotopic (exact) mass is 306 g/mol. The van der Waals surface area contributed by atoms with Crippen LogP contribution in [-0.4, -0.2) is 29.1 Å². The van der Waals surface area contributed by atoms with Crippen LogP contribution in [0, 0.1) is 5.82 Å². The van der Waals surface area contributed by atoms with Crippen LogP contribution >= 0.6 is 11.6 Å². The summed E-state index contributed by atoms with van der Waals surface area (Å²) in [4.78, 5) is 10.3. The highest BCUT2D eigenvalue weighted by Gasteiger charge is 2.22. The minimum absolute atomic E-state index is 0.180. The molecule has 1 saturated heterocycles. The normalized spacial score (nSPS) is 18.6. The molecular weight excluding hydrogens is 291 g/mol. The third kappa shape index (κ3) is 3.42. The lowest BCUT2D eigenvalue weighted by molar-refractivity contribution is 0.518. The van der Waals surface area contributed by atoms with Gasteiger partial charge in [-0.05, 0) is 25.0 Å². The molecule has 6 heteroatoms. The second kappa shape index (κ2) is 6.26. The van der Waals surface area contributed by atoms with Crippen LogP contribution in [-0.2, 0) is 0 Å². The van der Waals surface area contributed by atoms with Crippen LogP contribution in [0.1, 0.15) is 12.8 Å². The van der Waals surface area contributed by atoms with Crippen molar-refractivity contribution in [3.05, 3.63) is 47.6 Å². The average Bonchev–Trinajstić information content (AvgIpc) is 2.48. The molecule has 1 aromatic carbocycles. The second-order valence-electron chi connectivity index (χ2n) is 5.11. The topological polar surface area (TPSA) is 41.0 Å². The molecule has 1 aromatic heterocycles. The second-order valence-corrected chi connectivity index (χ2v) is 5.50. The number of nitrogens with one attached hydrogen (secondary N) is 1. The molecule has 0 aliphatic carbocycles. The third-order valence-electron chi connectivity index (χ3n) is 3.57. The number of para-hydroxylation sites is 1. The zero-order valence-electron chi connectivity index (χ0n) is 11.5. The predicted molar refractivity (Wildman–Crippen MR) is 82.3 cm³/mol. The summed E-state index contributed by atoms with van der Waals surface area (Å²) in [5, 5.41) is 3.68. The van der Waals surface area contributed by atoms with Crippen molar-refractivity contribution in [2.75, 3.05) is 23.3 Å². The fourth-order valence-electron chi connectivity index (χ4n) is 2.64. The maximum Gasteiger partial charge on any atom is 0.149 e. The predicted octanol–water partition coefficient (Wildman–Crippen LogP) is 3.35. The van der Waals surface area contributed by atoms with Gasteiger partial charge in [-0.2, -0.15) is 0 Å². The van der Waals surface area contributed by atoms with Crippen LogP contribution in [0.25, 0.3) is 0 Å². The molecule has 1 unspecified atom stereocenters. The van der Waals surface area contributed by atoms with Crippen LogP contribution in [0.4, 0.5) is 15.9 Å². The summed E-state index contributed by atoms with van der Waals surface area (Å²) in [7, 11) is 0. The van der Waals surface area contributed by atoms with Crippen molar-refractivity contribution in [2.24, 2.45) is 0 Å². The van der Waals surface area contributed by atoms with Gasteiger partial charge in [-0.3, -0.25) is 4.98 Å². The summed E-state index contributed by atoms with van der Waals surface area (Å²) in [6.45, 7) is 1.59. The van der Waals surface area contributed by atoms with Crippen LogP contribution in [0.15, 0.2) is 36.7 Å². The van der Waals surface area contributed by atoms with Crippen molar-refractivity contribution in [3.8, 4) is 0 Å². The van der Waals surface area contributed by atoms with E-state index in [2.05, 4.69) is 20.2 Å². The van der Waals surface area contributed by atoms with Gasteiger partial charge in [0.05, 0.1) is 18.1 Å². The molecule has 0 amide bonds. The van der Waals surface area contributed by atoms with E-state index in [-0.39, 0.29) is 11.9 Å². The lowest BCUT2D eigenvalue weighted by Crippen LogP contribution is -2.42. The van der Waals surface area contributed by atoms with Crippen molar-refractivity contribution in [1.82, 2.24) is 9.97 Å². The van der Waals surface area contributed by atoms with E-state index in [4.69, 9.17) is 11.6 Å². The van der Waals surface area contributed by atoms with E-state index in [0.717, 1.165) is 25.9 Å². The van der Waals surface area contributed by atoms with Crippen molar-refractivity contribution >= 4 is 23.1 Å². The van der Waals surface area contributed by atoms with Gasteiger partial charge in [-0.1, -0.05) is 23.7 Å². The highest BCUT2D eigenvalue weighted by molar-refractivity contribution is 6.29. The fraction of sp³-hybridized carbons (Fsp3) is 0.333. The Hall–Kier alpha value is -1.88. The first-order valence-corrected chi connectivity index (χ1v) is 7.34. The molecule has 1 aliphatic heterocycles. The van der Waals surface area contributed by atoms with Crippen molar-refractivity contribution < 1.29 is 4.39 Å². The molecule has 0 saturated carbocycles. The van der Waals surface area contributed by atoms with Crippen LogP contribution < -0.4 is 10.2 Å². The molecule has 0 bridgehead atoms. The number of piperidine rings is 1. The number of rotatable bonds is 3. The van der Waals surface area contributed by atoms with Crippen LogP contribution in [0.3, 0.4) is 0 Å². The molecule has 1 N–H and O–H groups in total. The lowest BCUT2D eigenvalue weighted by Gasteiger charge is -2.35. The minimum Gasteiger partial charge on any atom is -0.367 e. The summed E-state index contributed by atoms with van der Waals surface area (Å²) < 4.78 is 13.9. The Morgan fingerprint density at radius 1 is 1.29 bits per heavy atom. The number of hydrogen-bond acceptors (Lipinski definition) is 4. The number of aromatic nitrogens is 2. The summed E-state index contributed by atoms with van der Waals surface area (Å²) >= 11 is 5.83. The van der Waals surface area contributed by atoms with E-state index in [1.165, 1.54) is 12.3 Å². The van der Waals surface area contributed by atoms with Crippen molar-refractivity contribution in [2.45, 2.75) is 18.9 Å². The van der Waals surface area contributed by atoms with E-state index in [1.807, 2.05) is 12.1 Å². The quantitative estimate of drug-likeness (QED) is 0.944. The highest BCUT2D eigenvalue weighted by Crippen LogP contribution is 2.24. The summed E-state index contributed by atoms with van der Waals surface area (Å²) in [5.41, 5.74) is 0.654. The Balaban J connectivity index is 1.70. The first kappa shape index (κ1) is 14.1. The minimum atomic E-state index is -0.180. The Bertz CT molecular complexity index is 622. The molecule has 4 nitrogen and oxygen atoms in total. The SMILES string of the molecule is Fc1ccccc1N1CCCC(Nc2cncc(Cl)n2)C1. The number of nitrogens with zero attached hydrogens (tertiary/aromatic N) is 3. The smallest absolute Gasteiger partial charge is 0.149 e. The standard InChI is InChI=1S/C15H16ClFN4/c16-14-8-18-9-15(20-14)19-11-4-3-7-21(10-11)13-6-2-1-5-12(13)17/h1-2,5-6,8-9,11H,3-4,7,10H2,(H,19,20). The fourth-order valence-corrected chi connectivity index (χ4v) is 2.79. The van der Waals surface area contributed by atoms with Gasteiger partial charge < -0.3 is 10.2 Å². The van der Waals surface area contributed by atoms with Gasteiger partial charge >= 0.3 is 0 Å². The molecule has 110 valence electrons. The Kier molecular flexibility index (Phi) is 4.20. The summed E-state index contributed by atoms with van der Waals surface area (Å²) in [6, 6.07) is 7.08. The van der Waals surface area contributed by atoms with Crippen molar-refractivity contribution in [1.29, 1.82) is 0 Å². The highest BCUT2D eigenvalue weighted by atomic mass is 35.5. The van der Waals surface area contributed by atoms with E-state index in [9.17, 15) is 4.39 Å². The first-order chi connectivity index (χ1) is 10.2. The van der Waals surface area contributed by atoms with Gasteiger partial charge in [0.1, 0.15) is 16.8 Å². The number of hydrogen-bond donors (Lipinski definition) is 1. The third-order valence-corrected chi connectivity index (χ3v) is 3.75. The zero-order valence-corrected chi connectivity index (χ0v) is 12.2. The largest absolute Gasteiger partial charge is 0.367 e. The van der Waals surface area contributed by atoms with E-state index >= 15 is 0 Å². The molecule has 21 heavy (non-hydrogen) atoms. The first-order valence-electron chi connectivity index (χ1n) is 6.96. The molecule has 3 rings (SSSR count). The van der Waals surface area contributed by atoms with Gasteiger partial charge in [-0.25, -0.2) is 9.37 Å². The molecule has 1 atom stereocenters. The Labute approximate surface area is 128 Å². The summed E-state index contributed by atoms with van der Waals surface area (Å²) in [5.74, 6) is 0.476. The van der Waals surface area contributed by atoms with E-state index in [0.29, 0.717) is 16.7 Å². The molecule has 0 spiro atoms. The lowest BCUT2D eigenvalue weighted by atomic mass is 10.0. The molecule has 2 heterocycles. The van der Waals surface area contributed by atoms with E-state index in [1.54, 1.807) is 12.3 Å². The molecular formula is C15H16ClFN4. The number of anilines is 2. The van der Waals surface area contributed by atoms with Gasteiger partial charge in [-0.15, -0.1) is 0 Å². The van der Waals surface area contributed by atoms with Crippen molar-refractivity contribution in [3.63, 3.8) is 0 Å². The average molecular weight is 307 g/mol. The number of halogens is 2. The molecule has 2 aromatic rings. The van der Waals surface area contributed by atoms with Crippen LogP contribution in [0.5, 0.6) is 0 Å². The maximum absolute atomic E-state index is 13.9. The maximum atomic E-state index is 13.9.